The first-order chi connectivity index (χ1) is 13.7. The van der Waals surface area contributed by atoms with Crippen LogP contribution in [0.15, 0.2) is 59.9 Å². The average molecular weight is 527 g/mol. The highest BCUT2D eigenvalue weighted by molar-refractivity contribution is 14.0. The molecule has 0 amide bonds. The van der Waals surface area contributed by atoms with Crippen LogP contribution in [0, 0.1) is 0 Å². The number of ether oxygens (including phenoxy) is 1. The molecular weight excluding hydrogens is 503 g/mol. The van der Waals surface area contributed by atoms with Crippen LogP contribution in [-0.4, -0.2) is 53.1 Å². The Morgan fingerprint density at radius 2 is 1.97 bits per heavy atom. The number of nitrogens with zero attached hydrogens (tertiary/aromatic N) is 4. The minimum atomic E-state index is 0. The Labute approximate surface area is 192 Å². The summed E-state index contributed by atoms with van der Waals surface area (Å²) in [4.78, 5) is 18.2. The molecule has 2 heterocycles. The van der Waals surface area contributed by atoms with Crippen LogP contribution in [0.25, 0.3) is 11.3 Å². The van der Waals surface area contributed by atoms with Gasteiger partial charge in [-0.15, -0.1) is 24.0 Å². The van der Waals surface area contributed by atoms with E-state index < -0.39 is 0 Å². The average Bonchev–Trinajstić information content (AvgIpc) is 3.18. The minimum Gasteiger partial charge on any atom is -0.476 e. The third-order valence-electron chi connectivity index (χ3n) is 4.01. The van der Waals surface area contributed by atoms with Gasteiger partial charge in [0.25, 0.3) is 0 Å². The van der Waals surface area contributed by atoms with Gasteiger partial charge in [-0.2, -0.15) is 0 Å². The summed E-state index contributed by atoms with van der Waals surface area (Å²) in [7, 11) is 3.71. The predicted octanol–water partition coefficient (Wildman–Crippen LogP) is 3.83. The molecule has 0 radical (unpaired) electrons. The summed E-state index contributed by atoms with van der Waals surface area (Å²) < 4.78 is 5.58. The number of hydrogen-bond acceptors (Lipinski definition) is 4. The molecule has 7 nitrogen and oxygen atoms in total. The second-order valence-corrected chi connectivity index (χ2v) is 6.54. The van der Waals surface area contributed by atoms with Crippen molar-refractivity contribution in [2.45, 2.75) is 6.54 Å². The number of halogens is 2. The van der Waals surface area contributed by atoms with Crippen LogP contribution in [0.2, 0.25) is 5.02 Å². The summed E-state index contributed by atoms with van der Waals surface area (Å²) in [5.41, 5.74) is 2.11. The number of benzene rings is 1. The molecule has 9 heteroatoms. The molecule has 2 aromatic heterocycles. The quantitative estimate of drug-likeness (QED) is 0.212. The van der Waals surface area contributed by atoms with Crippen molar-refractivity contribution in [3.8, 4) is 17.1 Å². The third-order valence-corrected chi connectivity index (χ3v) is 4.23. The molecule has 0 bridgehead atoms. The summed E-state index contributed by atoms with van der Waals surface area (Å²) >= 11 is 5.81. The van der Waals surface area contributed by atoms with Gasteiger partial charge in [0.05, 0.1) is 30.0 Å². The van der Waals surface area contributed by atoms with Crippen molar-refractivity contribution in [1.82, 2.24) is 25.2 Å². The zero-order valence-electron chi connectivity index (χ0n) is 16.3. The molecular formula is C20H24ClIN6O. The van der Waals surface area contributed by atoms with Crippen LogP contribution >= 0.6 is 35.6 Å². The zero-order valence-corrected chi connectivity index (χ0v) is 19.4. The molecule has 0 aliphatic heterocycles. The van der Waals surface area contributed by atoms with Crippen molar-refractivity contribution in [3.63, 3.8) is 0 Å². The molecule has 3 aromatic rings. The monoisotopic (exact) mass is 526 g/mol. The first-order valence-electron chi connectivity index (χ1n) is 8.91. The number of aromatic nitrogens is 3. The van der Waals surface area contributed by atoms with Crippen LogP contribution in [-0.2, 0) is 6.54 Å². The Kier molecular flexibility index (Phi) is 9.20. The predicted molar refractivity (Wildman–Crippen MR) is 127 cm³/mol. The zero-order chi connectivity index (χ0) is 19.8. The van der Waals surface area contributed by atoms with Crippen LogP contribution in [0.3, 0.4) is 0 Å². The molecule has 0 saturated carbocycles. The maximum absolute atomic E-state index is 5.81. The van der Waals surface area contributed by atoms with E-state index in [1.54, 1.807) is 25.4 Å². The molecule has 2 N–H and O–H groups in total. The molecule has 0 fully saturated rings. The van der Waals surface area contributed by atoms with E-state index in [0.717, 1.165) is 23.0 Å². The molecule has 0 aliphatic rings. The van der Waals surface area contributed by atoms with Gasteiger partial charge >= 0.3 is 0 Å². The number of imidazole rings is 1. The van der Waals surface area contributed by atoms with Crippen molar-refractivity contribution in [1.29, 1.82) is 0 Å². The number of guanidine groups is 1. The van der Waals surface area contributed by atoms with Crippen LogP contribution in [0.4, 0.5) is 0 Å². The molecule has 1 aromatic carbocycles. The van der Waals surface area contributed by atoms with Gasteiger partial charge in [0.1, 0.15) is 12.4 Å². The van der Waals surface area contributed by atoms with E-state index >= 15 is 0 Å². The van der Waals surface area contributed by atoms with Crippen molar-refractivity contribution >= 4 is 41.5 Å². The van der Waals surface area contributed by atoms with E-state index in [-0.39, 0.29) is 24.0 Å². The summed E-state index contributed by atoms with van der Waals surface area (Å²) in [6, 6.07) is 13.6. The lowest BCUT2D eigenvalue weighted by Gasteiger charge is -2.21. The van der Waals surface area contributed by atoms with Gasteiger partial charge in [-0.05, 0) is 11.6 Å². The molecule has 0 atom stereocenters. The van der Waals surface area contributed by atoms with Crippen molar-refractivity contribution < 1.29 is 4.74 Å². The molecule has 154 valence electrons. The van der Waals surface area contributed by atoms with Crippen LogP contribution < -0.4 is 10.1 Å². The number of H-pyrrole nitrogens is 1. The fraction of sp³-hybridized carbons (Fsp3) is 0.250. The molecule has 0 unspecified atom stereocenters. The summed E-state index contributed by atoms with van der Waals surface area (Å²) in [6.45, 7) is 1.65. The number of rotatable bonds is 7. The lowest BCUT2D eigenvalue weighted by molar-refractivity contribution is 0.307. The lowest BCUT2D eigenvalue weighted by atomic mass is 10.2. The number of nitrogens with one attached hydrogen (secondary N) is 2. The van der Waals surface area contributed by atoms with Crippen molar-refractivity contribution in [3.05, 3.63) is 65.7 Å². The summed E-state index contributed by atoms with van der Waals surface area (Å²) in [6.07, 6.45) is 3.41. The molecule has 29 heavy (non-hydrogen) atoms. The SMILES string of the molecule is CN=C(NCCOc1ccc(Cl)cn1)N(C)Cc1ncc(-c2ccccc2)[nH]1.I. The van der Waals surface area contributed by atoms with E-state index in [4.69, 9.17) is 16.3 Å². The number of aromatic amines is 1. The number of hydrogen-bond donors (Lipinski definition) is 2. The highest BCUT2D eigenvalue weighted by Crippen LogP contribution is 2.16. The normalized spacial score (nSPS) is 10.9. The fourth-order valence-corrected chi connectivity index (χ4v) is 2.77. The molecule has 0 saturated heterocycles. The molecule has 0 aliphatic carbocycles. The molecule has 0 spiro atoms. The topological polar surface area (TPSA) is 78.4 Å². The summed E-state index contributed by atoms with van der Waals surface area (Å²) in [5, 5.41) is 3.85. The van der Waals surface area contributed by atoms with Gasteiger partial charge in [0, 0.05) is 26.4 Å². The smallest absolute Gasteiger partial charge is 0.213 e. The third kappa shape index (κ3) is 6.90. The maximum Gasteiger partial charge on any atom is 0.213 e. The standard InChI is InChI=1S/C20H23ClN6O.HI/c1-22-20(23-10-11-28-19-9-8-16(21)12-25-19)27(2)14-18-24-13-17(26-18)15-6-4-3-5-7-15;/h3-9,12-13H,10-11,14H2,1-2H3,(H,22,23)(H,24,26);1H. The minimum absolute atomic E-state index is 0. The van der Waals surface area contributed by atoms with Gasteiger partial charge in [-0.3, -0.25) is 4.99 Å². The Morgan fingerprint density at radius 1 is 1.17 bits per heavy atom. The highest BCUT2D eigenvalue weighted by atomic mass is 127. The highest BCUT2D eigenvalue weighted by Gasteiger charge is 2.09. The Bertz CT molecular complexity index is 901. The summed E-state index contributed by atoms with van der Waals surface area (Å²) in [5.74, 6) is 2.16. The van der Waals surface area contributed by atoms with Crippen LogP contribution in [0.5, 0.6) is 5.88 Å². The van der Waals surface area contributed by atoms with E-state index in [1.165, 1.54) is 0 Å². The van der Waals surface area contributed by atoms with Crippen molar-refractivity contribution in [2.75, 3.05) is 27.2 Å². The second kappa shape index (κ2) is 11.6. The Balaban J connectivity index is 0.00000300. The number of aliphatic imine (C=N–C) groups is 1. The van der Waals surface area contributed by atoms with E-state index in [9.17, 15) is 0 Å². The van der Waals surface area contributed by atoms with Gasteiger partial charge in [0.2, 0.25) is 5.88 Å². The fourth-order valence-electron chi connectivity index (χ4n) is 2.66. The van der Waals surface area contributed by atoms with Crippen molar-refractivity contribution in [2.24, 2.45) is 4.99 Å². The Morgan fingerprint density at radius 3 is 2.66 bits per heavy atom. The first kappa shape index (κ1) is 23.0. The van der Waals surface area contributed by atoms with E-state index in [2.05, 4.69) is 37.4 Å². The van der Waals surface area contributed by atoms with Gasteiger partial charge < -0.3 is 19.9 Å². The van der Waals surface area contributed by atoms with Gasteiger partial charge in [-0.1, -0.05) is 41.9 Å². The Hall–Kier alpha value is -2.33. The first-order valence-corrected chi connectivity index (χ1v) is 9.29. The maximum atomic E-state index is 5.81. The van der Waals surface area contributed by atoms with Gasteiger partial charge in [-0.25, -0.2) is 9.97 Å². The number of pyridine rings is 1. The largest absolute Gasteiger partial charge is 0.476 e. The van der Waals surface area contributed by atoms with Gasteiger partial charge in [0.15, 0.2) is 5.96 Å². The van der Waals surface area contributed by atoms with Crippen LogP contribution in [0.1, 0.15) is 5.82 Å². The lowest BCUT2D eigenvalue weighted by Crippen LogP contribution is -2.40. The van der Waals surface area contributed by atoms with E-state index in [0.29, 0.717) is 30.6 Å². The second-order valence-electron chi connectivity index (χ2n) is 6.10. The van der Waals surface area contributed by atoms with E-state index in [1.807, 2.05) is 36.3 Å². The molecule has 3 rings (SSSR count).